The first-order valence-corrected chi connectivity index (χ1v) is 10.2. The molecule has 0 amide bonds. The Kier molecular flexibility index (Phi) is 11.6. The highest BCUT2D eigenvalue weighted by molar-refractivity contribution is 5.35. The number of aromatic hydroxyl groups is 1. The highest BCUT2D eigenvalue weighted by Crippen LogP contribution is 2.30. The van der Waals surface area contributed by atoms with Gasteiger partial charge >= 0.3 is 0 Å². The molecule has 1 heterocycles. The van der Waals surface area contributed by atoms with E-state index in [1.807, 2.05) is 19.1 Å². The quantitative estimate of drug-likeness (QED) is 0.603. The van der Waals surface area contributed by atoms with Crippen LogP contribution in [0.5, 0.6) is 5.75 Å². The molecule has 3 unspecified atom stereocenters. The van der Waals surface area contributed by atoms with Gasteiger partial charge in [-0.25, -0.2) is 0 Å². The topological polar surface area (TPSA) is 47.9 Å². The molecule has 26 heavy (non-hydrogen) atoms. The number of phenols is 1. The number of phenolic OH excluding ortho intramolecular Hbond substituents is 1. The van der Waals surface area contributed by atoms with E-state index in [1.165, 1.54) is 25.7 Å². The van der Waals surface area contributed by atoms with Gasteiger partial charge in [0.05, 0.1) is 13.2 Å². The van der Waals surface area contributed by atoms with Crippen molar-refractivity contribution in [3.63, 3.8) is 0 Å². The van der Waals surface area contributed by atoms with Crippen LogP contribution in [-0.2, 0) is 14.2 Å². The van der Waals surface area contributed by atoms with Gasteiger partial charge in [-0.2, -0.15) is 0 Å². The molecule has 0 radical (unpaired) electrons. The van der Waals surface area contributed by atoms with E-state index < -0.39 is 6.29 Å². The number of hydrogen-bond donors (Lipinski definition) is 1. The average Bonchev–Trinajstić information content (AvgIpc) is 3.10. The Morgan fingerprint density at radius 3 is 2.58 bits per heavy atom. The Bertz CT molecular complexity index is 489. The molecule has 150 valence electrons. The van der Waals surface area contributed by atoms with Crippen LogP contribution in [0.3, 0.4) is 0 Å². The van der Waals surface area contributed by atoms with Gasteiger partial charge in [-0.15, -0.1) is 0 Å². The second-order valence-electron chi connectivity index (χ2n) is 7.13. The lowest BCUT2D eigenvalue weighted by molar-refractivity contribution is -0.0759. The standard InChI is InChI=1S/C19H30O4.C3H8/c1-4-6-7-15(5-2)11-21-12-17-13-22-19(23-17)16-9-8-14(3)18(20)10-16;1-3-2/h8-10,15,17,19-20H,4-7,11-13H2,1-3H3;3H2,1-2H3. The molecule has 2 rings (SSSR count). The molecule has 1 aliphatic rings. The van der Waals surface area contributed by atoms with Crippen LogP contribution >= 0.6 is 0 Å². The monoisotopic (exact) mass is 366 g/mol. The lowest BCUT2D eigenvalue weighted by Gasteiger charge is -2.17. The van der Waals surface area contributed by atoms with Gasteiger partial charge < -0.3 is 19.3 Å². The summed E-state index contributed by atoms with van der Waals surface area (Å²) in [4.78, 5) is 0. The fourth-order valence-electron chi connectivity index (χ4n) is 2.75. The van der Waals surface area contributed by atoms with Gasteiger partial charge in [-0.1, -0.05) is 65.5 Å². The first-order chi connectivity index (χ1) is 12.5. The van der Waals surface area contributed by atoms with Crippen LogP contribution in [0, 0.1) is 12.8 Å². The lowest BCUT2D eigenvalue weighted by Crippen LogP contribution is -2.20. The number of ether oxygens (including phenoxy) is 3. The molecular weight excluding hydrogens is 328 g/mol. The molecule has 0 bridgehead atoms. The normalized spacial score (nSPS) is 20.5. The highest BCUT2D eigenvalue weighted by Gasteiger charge is 2.28. The molecule has 1 aromatic rings. The zero-order chi connectivity index (χ0) is 19.4. The zero-order valence-electron chi connectivity index (χ0n) is 17.3. The van der Waals surface area contributed by atoms with E-state index in [1.54, 1.807) is 6.07 Å². The minimum absolute atomic E-state index is 0.0351. The van der Waals surface area contributed by atoms with Crippen molar-refractivity contribution in [2.24, 2.45) is 5.92 Å². The predicted octanol–water partition coefficient (Wildman–Crippen LogP) is 5.76. The first-order valence-electron chi connectivity index (χ1n) is 10.2. The second-order valence-corrected chi connectivity index (χ2v) is 7.13. The SMILES string of the molecule is CCC.CCCCC(CC)COCC1COC(c2ccc(C)c(O)c2)O1. The molecule has 3 atom stereocenters. The van der Waals surface area contributed by atoms with E-state index in [0.29, 0.717) is 19.1 Å². The molecule has 1 fully saturated rings. The lowest BCUT2D eigenvalue weighted by atomic mass is 10.0. The molecule has 0 spiro atoms. The Balaban J connectivity index is 0.00000105. The maximum absolute atomic E-state index is 9.79. The van der Waals surface area contributed by atoms with Crippen molar-refractivity contribution < 1.29 is 19.3 Å². The molecule has 1 aromatic carbocycles. The fourth-order valence-corrected chi connectivity index (χ4v) is 2.75. The molecule has 1 aliphatic heterocycles. The molecule has 4 nitrogen and oxygen atoms in total. The largest absolute Gasteiger partial charge is 0.508 e. The zero-order valence-corrected chi connectivity index (χ0v) is 17.3. The van der Waals surface area contributed by atoms with E-state index in [0.717, 1.165) is 24.2 Å². The summed E-state index contributed by atoms with van der Waals surface area (Å²) in [6.45, 7) is 12.5. The Morgan fingerprint density at radius 2 is 1.96 bits per heavy atom. The summed E-state index contributed by atoms with van der Waals surface area (Å²) in [5, 5.41) is 9.79. The van der Waals surface area contributed by atoms with Crippen molar-refractivity contribution in [3.8, 4) is 5.75 Å². The maximum atomic E-state index is 9.79. The summed E-state index contributed by atoms with van der Waals surface area (Å²) in [5.74, 6) is 0.915. The van der Waals surface area contributed by atoms with E-state index in [2.05, 4.69) is 27.7 Å². The van der Waals surface area contributed by atoms with E-state index in [4.69, 9.17) is 14.2 Å². The minimum atomic E-state index is -0.405. The van der Waals surface area contributed by atoms with E-state index >= 15 is 0 Å². The summed E-state index contributed by atoms with van der Waals surface area (Å²) in [6, 6.07) is 5.52. The summed E-state index contributed by atoms with van der Waals surface area (Å²) >= 11 is 0. The summed E-state index contributed by atoms with van der Waals surface area (Å²) in [5.41, 5.74) is 1.70. The Hall–Kier alpha value is -1.10. The number of aryl methyl sites for hydroxylation is 1. The van der Waals surface area contributed by atoms with Crippen molar-refractivity contribution in [3.05, 3.63) is 29.3 Å². The summed E-state index contributed by atoms with van der Waals surface area (Å²) < 4.78 is 17.4. The molecule has 0 aliphatic carbocycles. The van der Waals surface area contributed by atoms with Gasteiger partial charge in [0.15, 0.2) is 6.29 Å². The maximum Gasteiger partial charge on any atom is 0.184 e. The highest BCUT2D eigenvalue weighted by atomic mass is 16.7. The van der Waals surface area contributed by atoms with Gasteiger partial charge in [0, 0.05) is 12.2 Å². The van der Waals surface area contributed by atoms with Crippen molar-refractivity contribution in [1.82, 2.24) is 0 Å². The molecular formula is C22H38O4. The molecule has 4 heteroatoms. The molecule has 0 saturated carbocycles. The number of unbranched alkanes of at least 4 members (excludes halogenated alkanes) is 1. The summed E-state index contributed by atoms with van der Waals surface area (Å²) in [7, 11) is 0. The van der Waals surface area contributed by atoms with Gasteiger partial charge in [-0.05, 0) is 30.9 Å². The molecule has 1 saturated heterocycles. The van der Waals surface area contributed by atoms with Gasteiger partial charge in [0.2, 0.25) is 0 Å². The van der Waals surface area contributed by atoms with Crippen molar-refractivity contribution in [2.45, 2.75) is 79.1 Å². The predicted molar refractivity (Wildman–Crippen MR) is 106 cm³/mol. The van der Waals surface area contributed by atoms with E-state index in [-0.39, 0.29) is 11.9 Å². The number of hydrogen-bond acceptors (Lipinski definition) is 4. The summed E-state index contributed by atoms with van der Waals surface area (Å²) in [6.07, 6.45) is 5.71. The molecule has 0 aromatic heterocycles. The van der Waals surface area contributed by atoms with Crippen LogP contribution in [0.15, 0.2) is 18.2 Å². The Morgan fingerprint density at radius 1 is 1.23 bits per heavy atom. The molecule has 1 N–H and O–H groups in total. The fraction of sp³-hybridized carbons (Fsp3) is 0.727. The van der Waals surface area contributed by atoms with Crippen molar-refractivity contribution in [1.29, 1.82) is 0 Å². The minimum Gasteiger partial charge on any atom is -0.508 e. The van der Waals surface area contributed by atoms with Crippen LogP contribution in [-0.4, -0.2) is 31.0 Å². The van der Waals surface area contributed by atoms with Gasteiger partial charge in [0.1, 0.15) is 11.9 Å². The van der Waals surface area contributed by atoms with Crippen molar-refractivity contribution in [2.75, 3.05) is 19.8 Å². The van der Waals surface area contributed by atoms with Crippen molar-refractivity contribution >= 4 is 0 Å². The smallest absolute Gasteiger partial charge is 0.184 e. The Labute approximate surface area is 159 Å². The van der Waals surface area contributed by atoms with Crippen LogP contribution in [0.2, 0.25) is 0 Å². The first kappa shape index (κ1) is 22.9. The number of benzene rings is 1. The third-order valence-electron chi connectivity index (χ3n) is 4.46. The van der Waals surface area contributed by atoms with Crippen LogP contribution in [0.4, 0.5) is 0 Å². The third-order valence-corrected chi connectivity index (χ3v) is 4.46. The van der Waals surface area contributed by atoms with Crippen LogP contribution < -0.4 is 0 Å². The van der Waals surface area contributed by atoms with E-state index in [9.17, 15) is 5.11 Å². The van der Waals surface area contributed by atoms with Gasteiger partial charge in [0.25, 0.3) is 0 Å². The van der Waals surface area contributed by atoms with Crippen LogP contribution in [0.25, 0.3) is 0 Å². The van der Waals surface area contributed by atoms with Crippen LogP contribution in [0.1, 0.15) is 77.2 Å². The van der Waals surface area contributed by atoms with Gasteiger partial charge in [-0.3, -0.25) is 0 Å². The average molecular weight is 367 g/mol. The third kappa shape index (κ3) is 8.07. The number of rotatable bonds is 9. The second kappa shape index (κ2) is 13.1.